The third kappa shape index (κ3) is 8.56. The standard InChI is InChI=1S/C30H40N4O8/c1-20(22-14-23(32-27(15-22)39-2)10-7-13-31-29(36)40-3)34(24-11-12-24)28(35)26-17-33(30(37)38)16-25(42-26)19-41-18-21-8-5-4-6-9-21/h4-6,8-9,14-15,20,24-26H,7,10-13,16-19H2,1-3H3,(H,31,36)(H,37,38)/t20-,25+,26-/m1/s1. The minimum atomic E-state index is -1.10. The van der Waals surface area contributed by atoms with Crippen LogP contribution in [-0.4, -0.2) is 96.7 Å². The number of pyridine rings is 1. The van der Waals surface area contributed by atoms with E-state index in [0.29, 0.717) is 31.9 Å². The summed E-state index contributed by atoms with van der Waals surface area (Å²) in [6.07, 6.45) is -0.151. The first kappa shape index (κ1) is 31.0. The molecule has 1 saturated heterocycles. The second kappa shape index (κ2) is 14.8. The van der Waals surface area contributed by atoms with Crippen molar-refractivity contribution in [1.29, 1.82) is 0 Å². The molecule has 1 aliphatic heterocycles. The van der Waals surface area contributed by atoms with Gasteiger partial charge in [-0.3, -0.25) is 4.79 Å². The largest absolute Gasteiger partial charge is 0.481 e. The molecule has 4 rings (SSSR count). The van der Waals surface area contributed by atoms with Crippen molar-refractivity contribution in [2.75, 3.05) is 40.5 Å². The predicted octanol–water partition coefficient (Wildman–Crippen LogP) is 3.40. The molecular formula is C30H40N4O8. The highest BCUT2D eigenvalue weighted by Crippen LogP contribution is 2.36. The highest BCUT2D eigenvalue weighted by molar-refractivity contribution is 5.83. The van der Waals surface area contributed by atoms with Crippen LogP contribution >= 0.6 is 0 Å². The number of carbonyl (C=O) groups is 3. The Morgan fingerprint density at radius 2 is 1.93 bits per heavy atom. The fourth-order valence-corrected chi connectivity index (χ4v) is 5.06. The number of nitrogens with zero attached hydrogens (tertiary/aromatic N) is 3. The second-order valence-corrected chi connectivity index (χ2v) is 10.5. The summed E-state index contributed by atoms with van der Waals surface area (Å²) in [5.41, 5.74) is 2.62. The number of ether oxygens (including phenoxy) is 4. The van der Waals surface area contributed by atoms with E-state index in [-0.39, 0.29) is 37.7 Å². The maximum atomic E-state index is 14.0. The van der Waals surface area contributed by atoms with Crippen LogP contribution < -0.4 is 10.1 Å². The van der Waals surface area contributed by atoms with Gasteiger partial charge < -0.3 is 39.2 Å². The summed E-state index contributed by atoms with van der Waals surface area (Å²) in [5, 5.41) is 12.4. The molecule has 12 heteroatoms. The van der Waals surface area contributed by atoms with Gasteiger partial charge in [-0.15, -0.1) is 0 Å². The number of carbonyl (C=O) groups excluding carboxylic acids is 2. The number of aryl methyl sites for hydroxylation is 1. The van der Waals surface area contributed by atoms with Crippen molar-refractivity contribution in [2.24, 2.45) is 0 Å². The van der Waals surface area contributed by atoms with Gasteiger partial charge in [-0.05, 0) is 49.8 Å². The van der Waals surface area contributed by atoms with Gasteiger partial charge in [0.05, 0.1) is 52.7 Å². The first-order valence-corrected chi connectivity index (χ1v) is 14.2. The number of amides is 3. The lowest BCUT2D eigenvalue weighted by Crippen LogP contribution is -2.57. The van der Waals surface area contributed by atoms with Crippen LogP contribution in [0, 0.1) is 0 Å². The van der Waals surface area contributed by atoms with Crippen LogP contribution in [0.2, 0.25) is 0 Å². The highest BCUT2D eigenvalue weighted by atomic mass is 16.5. The molecule has 2 heterocycles. The van der Waals surface area contributed by atoms with Gasteiger partial charge in [-0.1, -0.05) is 30.3 Å². The number of carboxylic acid groups (broad SMARTS) is 1. The Morgan fingerprint density at radius 3 is 2.60 bits per heavy atom. The summed E-state index contributed by atoms with van der Waals surface area (Å²) in [5.74, 6) is 0.184. The Balaban J connectivity index is 1.45. The van der Waals surface area contributed by atoms with Crippen molar-refractivity contribution in [3.05, 3.63) is 59.3 Å². The zero-order chi connectivity index (χ0) is 30.1. The second-order valence-electron chi connectivity index (χ2n) is 10.5. The summed E-state index contributed by atoms with van der Waals surface area (Å²) in [6.45, 7) is 2.99. The molecule has 0 radical (unpaired) electrons. The topological polar surface area (TPSA) is 140 Å². The molecule has 2 fully saturated rings. The predicted molar refractivity (Wildman–Crippen MR) is 152 cm³/mol. The average Bonchev–Trinajstić information content (AvgIpc) is 3.84. The molecule has 1 saturated carbocycles. The fourth-order valence-electron chi connectivity index (χ4n) is 5.06. The molecular weight excluding hydrogens is 544 g/mol. The van der Waals surface area contributed by atoms with Crippen LogP contribution in [0.15, 0.2) is 42.5 Å². The Hall–Kier alpha value is -3.90. The molecule has 0 spiro atoms. The molecule has 1 aliphatic carbocycles. The molecule has 0 bridgehead atoms. The van der Waals surface area contributed by atoms with Crippen molar-refractivity contribution in [3.8, 4) is 5.88 Å². The fraction of sp³-hybridized carbons (Fsp3) is 0.533. The Labute approximate surface area is 245 Å². The molecule has 1 aromatic carbocycles. The van der Waals surface area contributed by atoms with Gasteiger partial charge in [0.15, 0.2) is 6.10 Å². The lowest BCUT2D eigenvalue weighted by Gasteiger charge is -2.39. The van der Waals surface area contributed by atoms with E-state index >= 15 is 0 Å². The molecule has 3 amide bonds. The molecule has 3 atom stereocenters. The lowest BCUT2D eigenvalue weighted by atomic mass is 10.0. The molecule has 12 nitrogen and oxygen atoms in total. The van der Waals surface area contributed by atoms with Crippen LogP contribution in [0.5, 0.6) is 5.88 Å². The van der Waals surface area contributed by atoms with Gasteiger partial charge in [-0.2, -0.15) is 0 Å². The molecule has 42 heavy (non-hydrogen) atoms. The molecule has 228 valence electrons. The summed E-state index contributed by atoms with van der Waals surface area (Å²) in [4.78, 5) is 44.9. The number of hydrogen-bond donors (Lipinski definition) is 2. The third-order valence-corrected chi connectivity index (χ3v) is 7.37. The lowest BCUT2D eigenvalue weighted by molar-refractivity contribution is -0.163. The van der Waals surface area contributed by atoms with Crippen molar-refractivity contribution in [3.63, 3.8) is 0 Å². The van der Waals surface area contributed by atoms with E-state index in [1.807, 2.05) is 54.3 Å². The third-order valence-electron chi connectivity index (χ3n) is 7.37. The number of methoxy groups -OCH3 is 2. The Morgan fingerprint density at radius 1 is 1.17 bits per heavy atom. The van der Waals surface area contributed by atoms with E-state index in [0.717, 1.165) is 29.7 Å². The summed E-state index contributed by atoms with van der Waals surface area (Å²) in [6, 6.07) is 13.1. The van der Waals surface area contributed by atoms with Gasteiger partial charge in [0.1, 0.15) is 0 Å². The van der Waals surface area contributed by atoms with Crippen LogP contribution in [0.4, 0.5) is 9.59 Å². The van der Waals surface area contributed by atoms with Crippen molar-refractivity contribution >= 4 is 18.1 Å². The Kier molecular flexibility index (Phi) is 11.0. The number of alkyl carbamates (subject to hydrolysis) is 1. The van der Waals surface area contributed by atoms with Gasteiger partial charge in [0.25, 0.3) is 5.91 Å². The normalized spacial score (nSPS) is 19.1. The summed E-state index contributed by atoms with van der Waals surface area (Å²) in [7, 11) is 2.86. The number of hydrogen-bond acceptors (Lipinski definition) is 8. The monoisotopic (exact) mass is 584 g/mol. The molecule has 2 aliphatic rings. The van der Waals surface area contributed by atoms with E-state index in [2.05, 4.69) is 15.0 Å². The highest BCUT2D eigenvalue weighted by Gasteiger charge is 2.43. The smallest absolute Gasteiger partial charge is 0.407 e. The number of morpholine rings is 1. The first-order chi connectivity index (χ1) is 20.3. The number of aromatic nitrogens is 1. The number of nitrogens with one attached hydrogen (secondary N) is 1. The van der Waals surface area contributed by atoms with Gasteiger partial charge >= 0.3 is 12.2 Å². The Bertz CT molecular complexity index is 1210. The van der Waals surface area contributed by atoms with Crippen LogP contribution in [0.3, 0.4) is 0 Å². The van der Waals surface area contributed by atoms with E-state index in [4.69, 9.17) is 14.2 Å². The van der Waals surface area contributed by atoms with Gasteiger partial charge in [-0.25, -0.2) is 14.6 Å². The van der Waals surface area contributed by atoms with Crippen molar-refractivity contribution < 1.29 is 38.4 Å². The van der Waals surface area contributed by atoms with Crippen LogP contribution in [0.1, 0.15) is 49.0 Å². The van der Waals surface area contributed by atoms with E-state index in [1.54, 1.807) is 7.11 Å². The van der Waals surface area contributed by atoms with E-state index in [1.165, 1.54) is 12.0 Å². The van der Waals surface area contributed by atoms with E-state index < -0.39 is 24.4 Å². The molecule has 1 aromatic heterocycles. The van der Waals surface area contributed by atoms with Crippen molar-refractivity contribution in [1.82, 2.24) is 20.1 Å². The van der Waals surface area contributed by atoms with Gasteiger partial charge in [0.2, 0.25) is 5.88 Å². The van der Waals surface area contributed by atoms with Gasteiger partial charge in [0, 0.05) is 24.3 Å². The molecule has 2 N–H and O–H groups in total. The first-order valence-electron chi connectivity index (χ1n) is 14.2. The average molecular weight is 585 g/mol. The summed E-state index contributed by atoms with van der Waals surface area (Å²) >= 11 is 0. The zero-order valence-corrected chi connectivity index (χ0v) is 24.4. The summed E-state index contributed by atoms with van der Waals surface area (Å²) < 4.78 is 22.1. The van der Waals surface area contributed by atoms with E-state index in [9.17, 15) is 19.5 Å². The van der Waals surface area contributed by atoms with Crippen molar-refractivity contribution in [2.45, 2.75) is 63.5 Å². The number of benzene rings is 1. The SMILES string of the molecule is COC(=O)NCCCc1cc([C@@H](C)N(C(=O)[C@H]2CN(C(=O)O)C[C@@H](COCc3ccccc3)O2)C2CC2)cc(OC)n1. The number of rotatable bonds is 13. The maximum absolute atomic E-state index is 14.0. The maximum Gasteiger partial charge on any atom is 0.407 e. The minimum Gasteiger partial charge on any atom is -0.481 e. The van der Waals surface area contributed by atoms with Crippen LogP contribution in [-0.2, 0) is 32.0 Å². The molecule has 2 aromatic rings. The minimum absolute atomic E-state index is 0.0379. The van der Waals surface area contributed by atoms with Crippen LogP contribution in [0.25, 0.3) is 0 Å². The zero-order valence-electron chi connectivity index (χ0n) is 24.4. The molecule has 0 unspecified atom stereocenters. The quantitative estimate of drug-likeness (QED) is 0.339.